The van der Waals surface area contributed by atoms with Crippen molar-refractivity contribution in [2.75, 3.05) is 34.3 Å². The van der Waals surface area contributed by atoms with Gasteiger partial charge in [0.1, 0.15) is 17.1 Å². The lowest BCUT2D eigenvalue weighted by Gasteiger charge is -2.15. The Bertz CT molecular complexity index is 1090. The van der Waals surface area contributed by atoms with Crippen molar-refractivity contribution in [3.05, 3.63) is 59.0 Å². The Morgan fingerprint density at radius 2 is 1.81 bits per heavy atom. The molecule has 7 nitrogen and oxygen atoms in total. The van der Waals surface area contributed by atoms with Crippen LogP contribution < -0.4 is 25.3 Å². The number of benzene rings is 2. The first-order chi connectivity index (χ1) is 14.9. The molecule has 2 N–H and O–H groups in total. The molecule has 0 radical (unpaired) electrons. The van der Waals surface area contributed by atoms with Gasteiger partial charge in [0.05, 0.1) is 27.7 Å². The van der Waals surface area contributed by atoms with Crippen LogP contribution >= 0.6 is 0 Å². The van der Waals surface area contributed by atoms with E-state index in [0.717, 1.165) is 35.2 Å². The third-order valence-electron chi connectivity index (χ3n) is 4.95. The second kappa shape index (κ2) is 10.1. The molecule has 0 aliphatic carbocycles. The molecule has 3 aromatic rings. The maximum Gasteiger partial charge on any atom is 0.336 e. The molecule has 0 unspecified atom stereocenters. The highest BCUT2D eigenvalue weighted by Crippen LogP contribution is 2.31. The first-order valence-electron chi connectivity index (χ1n) is 10.3. The van der Waals surface area contributed by atoms with E-state index in [-0.39, 0.29) is 5.91 Å². The molecule has 0 saturated carbocycles. The number of carbonyl (C=O) groups excluding carboxylic acids is 1. The van der Waals surface area contributed by atoms with Crippen LogP contribution in [0, 0.1) is 0 Å². The van der Waals surface area contributed by atoms with Crippen LogP contribution in [0.1, 0.15) is 13.3 Å². The van der Waals surface area contributed by atoms with Crippen molar-refractivity contribution in [3.63, 3.8) is 0 Å². The molecule has 0 bridgehead atoms. The second-order valence-electron chi connectivity index (χ2n) is 7.73. The molecule has 0 fully saturated rings. The Kier molecular flexibility index (Phi) is 7.31. The Hall–Kier alpha value is -3.32. The summed E-state index contributed by atoms with van der Waals surface area (Å²) in [5.41, 5.74) is 1.58. The number of hydrogen-bond donors (Lipinski definition) is 2. The van der Waals surface area contributed by atoms with Crippen molar-refractivity contribution in [3.8, 4) is 22.6 Å². The maximum absolute atomic E-state index is 12.3. The topological polar surface area (TPSA) is 82.2 Å². The normalized spacial score (nSPS) is 12.0. The summed E-state index contributed by atoms with van der Waals surface area (Å²) in [6.45, 7) is 3.28. The van der Waals surface area contributed by atoms with Crippen LogP contribution in [-0.4, -0.2) is 46.3 Å². The van der Waals surface area contributed by atoms with E-state index in [2.05, 4.69) is 19.4 Å². The average molecular weight is 426 g/mol. The average Bonchev–Trinajstić information content (AvgIpc) is 2.75. The van der Waals surface area contributed by atoms with Crippen LogP contribution in [-0.2, 0) is 4.79 Å². The predicted octanol–water partition coefficient (Wildman–Crippen LogP) is 1.89. The van der Waals surface area contributed by atoms with Crippen molar-refractivity contribution >= 4 is 16.9 Å². The Morgan fingerprint density at radius 3 is 2.48 bits per heavy atom. The highest BCUT2D eigenvalue weighted by atomic mass is 16.5. The van der Waals surface area contributed by atoms with E-state index in [9.17, 15) is 9.59 Å². The minimum absolute atomic E-state index is 0.178. The first-order valence-corrected chi connectivity index (χ1v) is 10.3. The van der Waals surface area contributed by atoms with Gasteiger partial charge in [0.15, 0.2) is 6.10 Å². The van der Waals surface area contributed by atoms with Gasteiger partial charge in [-0.2, -0.15) is 0 Å². The summed E-state index contributed by atoms with van der Waals surface area (Å²) in [6, 6.07) is 14.2. The van der Waals surface area contributed by atoms with Gasteiger partial charge in [0.2, 0.25) is 0 Å². The highest BCUT2D eigenvalue weighted by molar-refractivity contribution is 5.94. The predicted molar refractivity (Wildman–Crippen MR) is 120 cm³/mol. The monoisotopic (exact) mass is 425 g/mol. The van der Waals surface area contributed by atoms with Gasteiger partial charge in [-0.05, 0) is 42.3 Å². The molecular formula is C24H29N2O5+. The highest BCUT2D eigenvalue weighted by Gasteiger charge is 2.16. The number of hydrogen-bond acceptors (Lipinski definition) is 5. The van der Waals surface area contributed by atoms with E-state index >= 15 is 0 Å². The van der Waals surface area contributed by atoms with Gasteiger partial charge >= 0.3 is 5.63 Å². The summed E-state index contributed by atoms with van der Waals surface area (Å²) in [5.74, 6) is 1.02. The quantitative estimate of drug-likeness (QED) is 0.404. The lowest BCUT2D eigenvalue weighted by molar-refractivity contribution is -0.858. The molecule has 0 aliphatic heterocycles. The zero-order chi connectivity index (χ0) is 22.4. The number of quaternary nitrogens is 1. The van der Waals surface area contributed by atoms with Crippen LogP contribution in [0.4, 0.5) is 0 Å². The lowest BCUT2D eigenvalue weighted by Crippen LogP contribution is -3.05. The number of rotatable bonds is 9. The number of ether oxygens (including phenoxy) is 2. The molecule has 7 heteroatoms. The van der Waals surface area contributed by atoms with Crippen molar-refractivity contribution in [2.24, 2.45) is 0 Å². The molecule has 1 atom stereocenters. The third-order valence-corrected chi connectivity index (χ3v) is 4.95. The Labute approximate surface area is 181 Å². The number of carbonyl (C=O) groups is 1. The first kappa shape index (κ1) is 22.4. The second-order valence-corrected chi connectivity index (χ2v) is 7.73. The van der Waals surface area contributed by atoms with E-state index in [1.165, 1.54) is 11.0 Å². The summed E-state index contributed by atoms with van der Waals surface area (Å²) in [6.07, 6.45) is 0.233. The van der Waals surface area contributed by atoms with Crippen molar-refractivity contribution < 1.29 is 23.6 Å². The summed E-state index contributed by atoms with van der Waals surface area (Å²) in [4.78, 5) is 25.8. The summed E-state index contributed by atoms with van der Waals surface area (Å²) in [7, 11) is 5.76. The fraction of sp³-hybridized carbons (Fsp3) is 0.333. The summed E-state index contributed by atoms with van der Waals surface area (Å²) >= 11 is 0. The van der Waals surface area contributed by atoms with Crippen LogP contribution in [0.2, 0.25) is 0 Å². The maximum atomic E-state index is 12.3. The fourth-order valence-corrected chi connectivity index (χ4v) is 3.28. The lowest BCUT2D eigenvalue weighted by atomic mass is 10.0. The number of amides is 1. The Morgan fingerprint density at radius 1 is 1.10 bits per heavy atom. The van der Waals surface area contributed by atoms with E-state index in [0.29, 0.717) is 17.9 Å². The number of nitrogens with one attached hydrogen (secondary N) is 2. The van der Waals surface area contributed by atoms with Gasteiger partial charge in [-0.1, -0.05) is 12.1 Å². The zero-order valence-corrected chi connectivity index (χ0v) is 18.4. The minimum Gasteiger partial charge on any atom is -0.497 e. The number of methoxy groups -OCH3 is 1. The molecule has 164 valence electrons. The van der Waals surface area contributed by atoms with Crippen LogP contribution in [0.15, 0.2) is 57.7 Å². The zero-order valence-electron chi connectivity index (χ0n) is 18.4. The van der Waals surface area contributed by atoms with Gasteiger partial charge in [-0.15, -0.1) is 0 Å². The SMILES string of the molecule is COc1ccc(-c2cc(=O)oc3cc(O[C@@H](C)C(=O)NCCC[NH+](C)C)ccc23)cc1. The van der Waals surface area contributed by atoms with E-state index in [1.54, 1.807) is 26.2 Å². The molecule has 1 amide bonds. The van der Waals surface area contributed by atoms with Gasteiger partial charge in [0.25, 0.3) is 5.91 Å². The van der Waals surface area contributed by atoms with Crippen molar-refractivity contribution in [1.82, 2.24) is 5.32 Å². The smallest absolute Gasteiger partial charge is 0.336 e. The molecule has 2 aromatic carbocycles. The van der Waals surface area contributed by atoms with Gasteiger partial charge in [-0.25, -0.2) is 4.79 Å². The molecular weight excluding hydrogens is 396 g/mol. The van der Waals surface area contributed by atoms with Gasteiger partial charge in [-0.3, -0.25) is 4.79 Å². The Balaban J connectivity index is 1.76. The summed E-state index contributed by atoms with van der Waals surface area (Å²) in [5, 5.41) is 3.66. The van der Waals surface area contributed by atoms with Crippen molar-refractivity contribution in [1.29, 1.82) is 0 Å². The molecule has 31 heavy (non-hydrogen) atoms. The fourth-order valence-electron chi connectivity index (χ4n) is 3.28. The molecule has 0 spiro atoms. The molecule has 3 rings (SSSR count). The molecule has 1 heterocycles. The van der Waals surface area contributed by atoms with E-state index in [1.807, 2.05) is 30.3 Å². The largest absolute Gasteiger partial charge is 0.497 e. The van der Waals surface area contributed by atoms with Crippen LogP contribution in [0.5, 0.6) is 11.5 Å². The molecule has 0 saturated heterocycles. The van der Waals surface area contributed by atoms with Crippen LogP contribution in [0.3, 0.4) is 0 Å². The van der Waals surface area contributed by atoms with Crippen molar-refractivity contribution in [2.45, 2.75) is 19.4 Å². The molecule has 1 aromatic heterocycles. The van der Waals surface area contributed by atoms with Gasteiger partial charge in [0, 0.05) is 30.5 Å². The third kappa shape index (κ3) is 5.86. The minimum atomic E-state index is -0.666. The summed E-state index contributed by atoms with van der Waals surface area (Å²) < 4.78 is 16.4. The van der Waals surface area contributed by atoms with Gasteiger partial charge < -0.3 is 24.1 Å². The van der Waals surface area contributed by atoms with E-state index in [4.69, 9.17) is 13.9 Å². The van der Waals surface area contributed by atoms with Crippen LogP contribution in [0.25, 0.3) is 22.1 Å². The molecule has 0 aliphatic rings. The number of fused-ring (bicyclic) bond motifs is 1. The van der Waals surface area contributed by atoms with E-state index < -0.39 is 11.7 Å². The standard InChI is InChI=1S/C24H28N2O5/c1-16(24(28)25-12-5-13-26(2)3)30-19-10-11-20-21(15-23(27)31-22(20)14-19)17-6-8-18(29-4)9-7-17/h6-11,14-16H,5,12-13H2,1-4H3,(H,25,28)/p+1/t16-/m0/s1.